The molecule has 2 aromatic carbocycles. The number of rotatable bonds is 12. The number of aromatic nitrogens is 2. The van der Waals surface area contributed by atoms with Gasteiger partial charge in [-0.1, -0.05) is 64.5 Å². The van der Waals surface area contributed by atoms with E-state index in [2.05, 4.69) is 96.5 Å². The number of aliphatic hydroxyl groups is 2. The third kappa shape index (κ3) is 7.38. The normalized spacial score (nSPS) is 26.0. The molecule has 59 heavy (non-hydrogen) atoms. The Hall–Kier alpha value is -3.56. The Morgan fingerprint density at radius 2 is 1.31 bits per heavy atom. The summed E-state index contributed by atoms with van der Waals surface area (Å²) in [6, 6.07) is 14.3. The molecule has 3 unspecified atom stereocenters. The zero-order valence-electron chi connectivity index (χ0n) is 35.8. The molecule has 0 amide bonds. The van der Waals surface area contributed by atoms with Gasteiger partial charge in [0.2, 0.25) is 0 Å². The molecule has 318 valence electrons. The van der Waals surface area contributed by atoms with Crippen molar-refractivity contribution < 1.29 is 19.8 Å². The molecule has 3 fully saturated rings. The van der Waals surface area contributed by atoms with Gasteiger partial charge in [0.05, 0.1) is 0 Å². The van der Waals surface area contributed by atoms with Gasteiger partial charge in [0.15, 0.2) is 0 Å². The average Bonchev–Trinajstić information content (AvgIpc) is 4.19. The summed E-state index contributed by atoms with van der Waals surface area (Å²) in [6.45, 7) is 5.97. The van der Waals surface area contributed by atoms with Gasteiger partial charge in [-0.05, 0) is 123 Å². The van der Waals surface area contributed by atoms with E-state index in [0.717, 1.165) is 57.0 Å². The monoisotopic (exact) mass is 803 g/mol. The SMILES string of the molecule is C.CCC(CO)CC(=O)[C@@H]1C=C2c3cccc4c3c(c(C3CC3)n4C)CC2N(C)C1.CCC(CO)CC(=O)[C@@H]1C[C@@H]2c3cccc4c3c(c(C3CC3)n4C)C[C@H]2N(C)C1. The van der Waals surface area contributed by atoms with Gasteiger partial charge in [-0.25, -0.2) is 0 Å². The molecule has 4 aromatic rings. The van der Waals surface area contributed by atoms with Crippen molar-refractivity contribution in [2.24, 2.45) is 37.8 Å². The van der Waals surface area contributed by atoms with Gasteiger partial charge in [0, 0.05) is 116 Å². The van der Waals surface area contributed by atoms with E-state index in [1.54, 1.807) is 22.5 Å². The van der Waals surface area contributed by atoms with Crippen molar-refractivity contribution in [3.63, 3.8) is 0 Å². The lowest BCUT2D eigenvalue weighted by molar-refractivity contribution is -0.126. The van der Waals surface area contributed by atoms with Crippen LogP contribution in [0.1, 0.15) is 130 Å². The molecule has 4 aliphatic carbocycles. The lowest BCUT2D eigenvalue weighted by Gasteiger charge is -2.45. The van der Waals surface area contributed by atoms with Gasteiger partial charge in [0.1, 0.15) is 11.6 Å². The minimum absolute atomic E-state index is 0. The van der Waals surface area contributed by atoms with Crippen LogP contribution < -0.4 is 0 Å². The zero-order valence-corrected chi connectivity index (χ0v) is 35.8. The molecular formula is C51H70N4O4. The van der Waals surface area contributed by atoms with Gasteiger partial charge in [-0.2, -0.15) is 0 Å². The summed E-state index contributed by atoms with van der Waals surface area (Å²) in [7, 11) is 8.86. The number of likely N-dealkylation sites (N-methyl/N-ethyl adjacent to an activating group) is 2. The molecule has 1 saturated heterocycles. The van der Waals surface area contributed by atoms with Crippen LogP contribution in [0.5, 0.6) is 0 Å². The van der Waals surface area contributed by atoms with E-state index < -0.39 is 0 Å². The van der Waals surface area contributed by atoms with Crippen molar-refractivity contribution in [3.05, 3.63) is 76.1 Å². The number of hydrogen-bond donors (Lipinski definition) is 2. The van der Waals surface area contributed by atoms with Crippen molar-refractivity contribution in [1.82, 2.24) is 18.9 Å². The molecule has 10 rings (SSSR count). The van der Waals surface area contributed by atoms with Crippen LogP contribution in [-0.2, 0) is 36.5 Å². The summed E-state index contributed by atoms with van der Waals surface area (Å²) in [6.07, 6.45) is 13.4. The second-order valence-corrected chi connectivity index (χ2v) is 19.2. The van der Waals surface area contributed by atoms with Crippen LogP contribution >= 0.6 is 0 Å². The third-order valence-electron chi connectivity index (χ3n) is 15.6. The average molecular weight is 803 g/mol. The fourth-order valence-electron chi connectivity index (χ4n) is 11.9. The molecule has 0 radical (unpaired) electrons. The predicted molar refractivity (Wildman–Crippen MR) is 240 cm³/mol. The first-order chi connectivity index (χ1) is 28.1. The Bertz CT molecular complexity index is 2250. The minimum Gasteiger partial charge on any atom is -0.396 e. The number of ketones is 2. The third-order valence-corrected chi connectivity index (χ3v) is 15.6. The van der Waals surface area contributed by atoms with Crippen LogP contribution in [0.15, 0.2) is 42.5 Å². The fourth-order valence-corrected chi connectivity index (χ4v) is 11.9. The number of Topliss-reactive ketones (excluding diaryl/α,β-unsaturated/α-hetero) is 2. The first kappa shape index (κ1) is 42.1. The highest BCUT2D eigenvalue weighted by Gasteiger charge is 2.44. The van der Waals surface area contributed by atoms with Crippen LogP contribution in [0.25, 0.3) is 27.4 Å². The molecule has 6 aliphatic rings. The van der Waals surface area contributed by atoms with E-state index in [0.29, 0.717) is 36.6 Å². The maximum atomic E-state index is 13.0. The van der Waals surface area contributed by atoms with Crippen LogP contribution in [0.2, 0.25) is 0 Å². The van der Waals surface area contributed by atoms with Gasteiger partial charge in [0.25, 0.3) is 0 Å². The molecular weight excluding hydrogens is 733 g/mol. The van der Waals surface area contributed by atoms with Crippen molar-refractivity contribution in [2.75, 3.05) is 40.4 Å². The predicted octanol–water partition coefficient (Wildman–Crippen LogP) is 8.53. The van der Waals surface area contributed by atoms with Gasteiger partial charge >= 0.3 is 0 Å². The quantitative estimate of drug-likeness (QED) is 0.149. The molecule has 2 aromatic heterocycles. The number of carbonyl (C=O) groups excluding carboxylic acids is 2. The Labute approximate surface area is 352 Å². The highest BCUT2D eigenvalue weighted by Crippen LogP contribution is 2.52. The lowest BCUT2D eigenvalue weighted by atomic mass is 9.70. The molecule has 2 aliphatic heterocycles. The van der Waals surface area contributed by atoms with Crippen molar-refractivity contribution in [2.45, 2.75) is 122 Å². The number of hydrogen-bond acceptors (Lipinski definition) is 6. The van der Waals surface area contributed by atoms with E-state index in [1.165, 1.54) is 64.2 Å². The standard InChI is InChI=1S/C25H34N2O2.C25H32N2O2.CH4/c2*1-4-15(14-28)10-23(29)17-11-19-18-6-5-7-21-24(18)20(12-22(19)26(2)13-17)25(27(21)3)16-8-9-16;/h5-7,15-17,19,22,28H,4,8-14H2,1-3H3;5-7,11,15-17,22,28H,4,8-10,12-14H2,1-3H3;1H4/t15?,17-,19-,22-;15?,17-,22?;/m11./s1. The van der Waals surface area contributed by atoms with Crippen LogP contribution in [0.4, 0.5) is 0 Å². The Kier molecular flexibility index (Phi) is 11.9. The number of aryl methyl sites for hydroxylation is 2. The maximum absolute atomic E-state index is 13.0. The van der Waals surface area contributed by atoms with Crippen LogP contribution in [0.3, 0.4) is 0 Å². The summed E-state index contributed by atoms with van der Waals surface area (Å²) in [5, 5.41) is 22.0. The van der Waals surface area contributed by atoms with E-state index in [1.807, 2.05) is 6.92 Å². The smallest absolute Gasteiger partial charge is 0.141 e. The first-order valence-corrected chi connectivity index (χ1v) is 22.7. The Balaban J connectivity index is 0.000000161. The van der Waals surface area contributed by atoms with Gasteiger partial charge in [-0.3, -0.25) is 14.5 Å². The number of likely N-dealkylation sites (tertiary alicyclic amines) is 1. The fraction of sp³-hybridized carbons (Fsp3) is 0.608. The van der Waals surface area contributed by atoms with Crippen molar-refractivity contribution in [3.8, 4) is 0 Å². The second kappa shape index (κ2) is 16.7. The summed E-state index contributed by atoms with van der Waals surface area (Å²) in [4.78, 5) is 30.9. The maximum Gasteiger partial charge on any atom is 0.141 e. The van der Waals surface area contributed by atoms with Crippen LogP contribution in [0, 0.1) is 23.7 Å². The largest absolute Gasteiger partial charge is 0.396 e. The van der Waals surface area contributed by atoms with Gasteiger partial charge in [-0.15, -0.1) is 0 Å². The topological polar surface area (TPSA) is 90.9 Å². The molecule has 8 heteroatoms. The Morgan fingerprint density at radius 1 is 0.729 bits per heavy atom. The molecule has 2 N–H and O–H groups in total. The lowest BCUT2D eigenvalue weighted by Crippen LogP contribution is -2.49. The number of carbonyl (C=O) groups is 2. The summed E-state index contributed by atoms with van der Waals surface area (Å²) in [5.41, 5.74) is 13.1. The molecule has 7 atom stereocenters. The Morgan fingerprint density at radius 3 is 1.90 bits per heavy atom. The number of fused-ring (bicyclic) bond motifs is 4. The van der Waals surface area contributed by atoms with E-state index in [-0.39, 0.29) is 50.1 Å². The van der Waals surface area contributed by atoms with Crippen molar-refractivity contribution >= 4 is 38.9 Å². The number of aliphatic hydroxyl groups excluding tert-OH is 2. The minimum atomic E-state index is -0.0738. The van der Waals surface area contributed by atoms with E-state index in [9.17, 15) is 19.8 Å². The molecule has 4 heterocycles. The highest BCUT2D eigenvalue weighted by atomic mass is 16.3. The molecule has 0 spiro atoms. The summed E-state index contributed by atoms with van der Waals surface area (Å²) >= 11 is 0. The molecule has 2 saturated carbocycles. The number of piperidine rings is 1. The first-order valence-electron chi connectivity index (χ1n) is 22.7. The molecule has 0 bridgehead atoms. The van der Waals surface area contributed by atoms with Gasteiger partial charge < -0.3 is 24.2 Å². The second-order valence-electron chi connectivity index (χ2n) is 19.2. The highest BCUT2D eigenvalue weighted by molar-refractivity contribution is 6.01. The molecule has 8 nitrogen and oxygen atoms in total. The number of benzene rings is 2. The van der Waals surface area contributed by atoms with E-state index in [4.69, 9.17) is 0 Å². The van der Waals surface area contributed by atoms with E-state index >= 15 is 0 Å². The zero-order chi connectivity index (χ0) is 40.6. The summed E-state index contributed by atoms with van der Waals surface area (Å²) < 4.78 is 4.89. The summed E-state index contributed by atoms with van der Waals surface area (Å²) in [5.74, 6) is 2.74. The number of nitrogens with zero attached hydrogens (tertiary/aromatic N) is 4. The van der Waals surface area contributed by atoms with Crippen molar-refractivity contribution in [1.29, 1.82) is 0 Å². The van der Waals surface area contributed by atoms with Crippen LogP contribution in [-0.4, -0.2) is 93.2 Å².